The van der Waals surface area contributed by atoms with Gasteiger partial charge in [0.15, 0.2) is 0 Å². The van der Waals surface area contributed by atoms with Crippen LogP contribution in [0.2, 0.25) is 0 Å². The molecule has 5 nitrogen and oxygen atoms in total. The van der Waals surface area contributed by atoms with E-state index in [2.05, 4.69) is 18.2 Å². The Morgan fingerprint density at radius 3 is 2.67 bits per heavy atom. The lowest BCUT2D eigenvalue weighted by Gasteiger charge is -2.16. The van der Waals surface area contributed by atoms with Crippen LogP contribution in [0, 0.1) is 0 Å². The lowest BCUT2D eigenvalue weighted by molar-refractivity contribution is 0.253. The molecule has 2 unspecified atom stereocenters. The zero-order valence-electron chi connectivity index (χ0n) is 6.77. The molecule has 0 saturated heterocycles. The lowest BCUT2D eigenvalue weighted by Crippen LogP contribution is -2.27. The third-order valence-corrected chi connectivity index (χ3v) is 2.15. The fourth-order valence-corrected chi connectivity index (χ4v) is 1.36. The van der Waals surface area contributed by atoms with Crippen LogP contribution in [0.4, 0.5) is 0 Å². The van der Waals surface area contributed by atoms with Crippen molar-refractivity contribution in [3.8, 4) is 0 Å². The highest BCUT2D eigenvalue weighted by atomic mass is 31.2. The van der Waals surface area contributed by atoms with Gasteiger partial charge in [-0.3, -0.25) is 9.09 Å². The van der Waals surface area contributed by atoms with Crippen LogP contribution in [0.15, 0.2) is 25.3 Å². The van der Waals surface area contributed by atoms with E-state index in [0.29, 0.717) is 6.54 Å². The van der Waals surface area contributed by atoms with Gasteiger partial charge in [-0.1, -0.05) is 12.7 Å². The minimum absolute atomic E-state index is 0.303. The van der Waals surface area contributed by atoms with E-state index in [1.54, 1.807) is 0 Å². The number of hydrogen-bond donors (Lipinski definition) is 3. The first kappa shape index (κ1) is 11.6. The predicted octanol–water partition coefficient (Wildman–Crippen LogP) is 0.316. The Labute approximate surface area is 72.0 Å². The van der Waals surface area contributed by atoms with Crippen molar-refractivity contribution >= 4 is 7.67 Å². The Hall–Kier alpha value is -0.450. The van der Waals surface area contributed by atoms with E-state index in [9.17, 15) is 4.57 Å². The molecule has 0 rings (SSSR count). The van der Waals surface area contributed by atoms with Crippen molar-refractivity contribution in [1.82, 2.24) is 5.09 Å². The molecular formula is C6H14N3O2P. The first-order valence-corrected chi connectivity index (χ1v) is 5.02. The van der Waals surface area contributed by atoms with E-state index in [1.165, 1.54) is 12.2 Å². The molecule has 0 aromatic carbocycles. The molecule has 0 aliphatic carbocycles. The molecule has 0 heterocycles. The Bertz CT molecular complexity index is 207. The van der Waals surface area contributed by atoms with Gasteiger partial charge in [-0.2, -0.15) is 0 Å². The van der Waals surface area contributed by atoms with Gasteiger partial charge in [-0.25, -0.2) is 10.6 Å². The minimum atomic E-state index is -3.30. The van der Waals surface area contributed by atoms with Gasteiger partial charge >= 0.3 is 7.67 Å². The van der Waals surface area contributed by atoms with Gasteiger partial charge in [0, 0.05) is 6.54 Å². The topological polar surface area (TPSA) is 90.4 Å². The second-order valence-electron chi connectivity index (χ2n) is 2.05. The summed E-state index contributed by atoms with van der Waals surface area (Å²) >= 11 is 0. The Morgan fingerprint density at radius 2 is 2.25 bits per heavy atom. The molecule has 0 radical (unpaired) electrons. The first-order valence-electron chi connectivity index (χ1n) is 3.33. The number of nitrogens with two attached hydrogens (primary N) is 2. The molecule has 12 heavy (non-hydrogen) atoms. The zero-order chi connectivity index (χ0) is 9.61. The van der Waals surface area contributed by atoms with Gasteiger partial charge < -0.3 is 5.73 Å². The summed E-state index contributed by atoms with van der Waals surface area (Å²) in [7, 11) is -3.30. The number of nitrogens with one attached hydrogen (secondary N) is 1. The zero-order valence-corrected chi connectivity index (χ0v) is 7.67. The Kier molecular flexibility index (Phi) is 5.04. The highest BCUT2D eigenvalue weighted by Crippen LogP contribution is 2.32. The third-order valence-electron chi connectivity index (χ3n) is 0.967. The van der Waals surface area contributed by atoms with Crippen LogP contribution in [-0.2, 0) is 9.09 Å². The molecule has 70 valence electrons. The van der Waals surface area contributed by atoms with Crippen molar-refractivity contribution in [3.63, 3.8) is 0 Å². The van der Waals surface area contributed by atoms with Gasteiger partial charge in [-0.15, -0.1) is 6.58 Å². The Balaban J connectivity index is 3.94. The van der Waals surface area contributed by atoms with Crippen molar-refractivity contribution in [2.45, 2.75) is 6.23 Å². The number of hydrogen-bond acceptors (Lipinski definition) is 3. The summed E-state index contributed by atoms with van der Waals surface area (Å²) in [6, 6.07) is 0. The summed E-state index contributed by atoms with van der Waals surface area (Å²) in [4.78, 5) is 0. The van der Waals surface area contributed by atoms with Crippen molar-refractivity contribution in [2.24, 2.45) is 11.2 Å². The first-order chi connectivity index (χ1) is 5.52. The highest BCUT2D eigenvalue weighted by Gasteiger charge is 2.17. The standard InChI is InChI=1S/C6H14N3O2P/c1-3-5-9-12(8,10)11-6(7)4-2/h3-4,6H,1-2,5,7H2,(H3,8,9,10). The molecule has 0 fully saturated rings. The number of rotatable bonds is 6. The van der Waals surface area contributed by atoms with Crippen LogP contribution in [0.3, 0.4) is 0 Å². The van der Waals surface area contributed by atoms with Crippen LogP contribution in [0.25, 0.3) is 0 Å². The quantitative estimate of drug-likeness (QED) is 0.319. The van der Waals surface area contributed by atoms with Crippen molar-refractivity contribution < 1.29 is 9.09 Å². The molecule has 0 amide bonds. The van der Waals surface area contributed by atoms with Crippen LogP contribution >= 0.6 is 7.67 Å². The van der Waals surface area contributed by atoms with E-state index in [1.807, 2.05) is 0 Å². The van der Waals surface area contributed by atoms with Gasteiger partial charge in [0.2, 0.25) is 0 Å². The van der Waals surface area contributed by atoms with Gasteiger partial charge in [0.25, 0.3) is 0 Å². The van der Waals surface area contributed by atoms with E-state index in [4.69, 9.17) is 15.8 Å². The molecule has 2 atom stereocenters. The maximum Gasteiger partial charge on any atom is 0.340 e. The maximum absolute atomic E-state index is 11.2. The molecule has 0 aliphatic heterocycles. The van der Waals surface area contributed by atoms with Gasteiger partial charge in [0.05, 0.1) is 0 Å². The molecule has 0 aromatic heterocycles. The van der Waals surface area contributed by atoms with Gasteiger partial charge in [0.1, 0.15) is 6.23 Å². The summed E-state index contributed by atoms with van der Waals surface area (Å²) in [5.41, 5.74) is 10.5. The van der Waals surface area contributed by atoms with E-state index >= 15 is 0 Å². The molecule has 0 bridgehead atoms. The molecule has 0 aromatic rings. The maximum atomic E-state index is 11.2. The monoisotopic (exact) mass is 191 g/mol. The van der Waals surface area contributed by atoms with Crippen LogP contribution in [-0.4, -0.2) is 12.8 Å². The predicted molar refractivity (Wildman–Crippen MR) is 49.3 cm³/mol. The molecule has 0 spiro atoms. The average Bonchev–Trinajstić information content (AvgIpc) is 2.00. The Morgan fingerprint density at radius 1 is 1.67 bits per heavy atom. The van der Waals surface area contributed by atoms with Crippen LogP contribution in [0.1, 0.15) is 0 Å². The third kappa shape index (κ3) is 5.23. The summed E-state index contributed by atoms with van der Waals surface area (Å²) in [6.07, 6.45) is 2.00. The second-order valence-corrected chi connectivity index (χ2v) is 3.77. The van der Waals surface area contributed by atoms with E-state index in [0.717, 1.165) is 0 Å². The van der Waals surface area contributed by atoms with Crippen LogP contribution < -0.4 is 16.3 Å². The summed E-state index contributed by atoms with van der Waals surface area (Å²) < 4.78 is 15.9. The fourth-order valence-electron chi connectivity index (χ4n) is 0.453. The van der Waals surface area contributed by atoms with E-state index in [-0.39, 0.29) is 0 Å². The smallest absolute Gasteiger partial charge is 0.302 e. The molecule has 5 N–H and O–H groups in total. The molecular weight excluding hydrogens is 177 g/mol. The average molecular weight is 191 g/mol. The molecule has 0 aliphatic rings. The van der Waals surface area contributed by atoms with Crippen LogP contribution in [0.5, 0.6) is 0 Å². The minimum Gasteiger partial charge on any atom is -0.302 e. The van der Waals surface area contributed by atoms with Gasteiger partial charge in [-0.05, 0) is 6.08 Å². The summed E-state index contributed by atoms with van der Waals surface area (Å²) in [6.45, 7) is 7.07. The largest absolute Gasteiger partial charge is 0.340 e. The van der Waals surface area contributed by atoms with Crippen molar-refractivity contribution in [1.29, 1.82) is 0 Å². The summed E-state index contributed by atoms with van der Waals surface area (Å²) in [5.74, 6) is 0. The second kappa shape index (κ2) is 5.24. The highest BCUT2D eigenvalue weighted by molar-refractivity contribution is 7.54. The summed E-state index contributed by atoms with van der Waals surface area (Å²) in [5, 5.41) is 2.44. The molecule has 6 heteroatoms. The molecule has 0 saturated carbocycles. The normalized spacial score (nSPS) is 17.8. The lowest BCUT2D eigenvalue weighted by atomic mass is 10.6. The van der Waals surface area contributed by atoms with E-state index < -0.39 is 13.9 Å². The SMILES string of the molecule is C=CCNP(N)(=O)OC(N)C=C. The van der Waals surface area contributed by atoms with Crippen molar-refractivity contribution in [3.05, 3.63) is 25.3 Å². The fraction of sp³-hybridized carbons (Fsp3) is 0.333. The van der Waals surface area contributed by atoms with Crippen molar-refractivity contribution in [2.75, 3.05) is 6.54 Å².